The van der Waals surface area contributed by atoms with Crippen LogP contribution in [0.5, 0.6) is 17.2 Å². The van der Waals surface area contributed by atoms with Gasteiger partial charge in [-0.3, -0.25) is 4.90 Å². The van der Waals surface area contributed by atoms with Gasteiger partial charge in [0.05, 0.1) is 33.4 Å². The minimum Gasteiger partial charge on any atom is -0.493 e. The summed E-state index contributed by atoms with van der Waals surface area (Å²) in [5, 5.41) is 4.92. The third-order valence-electron chi connectivity index (χ3n) is 5.36. The van der Waals surface area contributed by atoms with Gasteiger partial charge in [-0.05, 0) is 48.7 Å². The molecule has 7 nitrogen and oxygen atoms in total. The Morgan fingerprint density at radius 3 is 2.67 bits per heavy atom. The predicted molar refractivity (Wildman–Crippen MR) is 113 cm³/mol. The van der Waals surface area contributed by atoms with Crippen LogP contribution in [0.15, 0.2) is 40.9 Å². The number of halogens is 1. The number of ether oxygens (including phenoxy) is 3. The molecule has 158 valence electrons. The molecule has 8 heteroatoms. The molecule has 1 aliphatic heterocycles. The minimum atomic E-state index is 0.452. The van der Waals surface area contributed by atoms with Crippen molar-refractivity contribution in [2.75, 3.05) is 34.4 Å². The van der Waals surface area contributed by atoms with Gasteiger partial charge >= 0.3 is 0 Å². The molecular weight excluding hydrogens is 406 g/mol. The first-order valence-corrected chi connectivity index (χ1v) is 10.1. The summed E-state index contributed by atoms with van der Waals surface area (Å²) < 4.78 is 21.8. The van der Waals surface area contributed by atoms with Gasteiger partial charge in [0.15, 0.2) is 11.5 Å². The highest BCUT2D eigenvalue weighted by molar-refractivity contribution is 6.30. The van der Waals surface area contributed by atoms with Crippen molar-refractivity contribution in [2.24, 2.45) is 0 Å². The average molecular weight is 430 g/mol. The molecule has 1 fully saturated rings. The van der Waals surface area contributed by atoms with E-state index in [1.165, 1.54) is 5.56 Å². The van der Waals surface area contributed by atoms with Gasteiger partial charge in [-0.25, -0.2) is 0 Å². The lowest BCUT2D eigenvalue weighted by Gasteiger charge is -2.14. The average Bonchev–Trinajstić information content (AvgIpc) is 3.42. The molecule has 0 N–H and O–H groups in total. The van der Waals surface area contributed by atoms with E-state index in [1.54, 1.807) is 27.4 Å². The van der Waals surface area contributed by atoms with E-state index in [-0.39, 0.29) is 0 Å². The Labute approximate surface area is 180 Å². The number of benzene rings is 2. The predicted octanol–water partition coefficient (Wildman–Crippen LogP) is 4.41. The van der Waals surface area contributed by atoms with E-state index >= 15 is 0 Å². The van der Waals surface area contributed by atoms with E-state index in [9.17, 15) is 0 Å². The normalized spacial score (nSPS) is 16.6. The first-order chi connectivity index (χ1) is 14.6. The van der Waals surface area contributed by atoms with Crippen molar-refractivity contribution in [1.82, 2.24) is 15.0 Å². The fourth-order valence-electron chi connectivity index (χ4n) is 3.91. The van der Waals surface area contributed by atoms with Crippen molar-refractivity contribution in [1.29, 1.82) is 0 Å². The van der Waals surface area contributed by atoms with Gasteiger partial charge in [-0.1, -0.05) is 28.9 Å². The molecule has 2 aromatic carbocycles. The zero-order valence-corrected chi connectivity index (χ0v) is 18.0. The smallest absolute Gasteiger partial charge is 0.241 e. The lowest BCUT2D eigenvalue weighted by Crippen LogP contribution is -2.20. The third-order valence-corrected chi connectivity index (χ3v) is 5.60. The lowest BCUT2D eigenvalue weighted by molar-refractivity contribution is 0.265. The number of likely N-dealkylation sites (tertiary alicyclic amines) is 1. The number of nitrogens with zero attached hydrogens (tertiary/aromatic N) is 3. The van der Waals surface area contributed by atoms with E-state index in [0.717, 1.165) is 24.5 Å². The second-order valence-electron chi connectivity index (χ2n) is 7.17. The molecule has 3 aromatic rings. The van der Waals surface area contributed by atoms with Gasteiger partial charge in [-0.15, -0.1) is 0 Å². The molecule has 1 aliphatic rings. The van der Waals surface area contributed by atoms with E-state index < -0.39 is 0 Å². The first kappa shape index (κ1) is 20.5. The number of rotatable bonds is 7. The lowest BCUT2D eigenvalue weighted by atomic mass is 9.99. The minimum absolute atomic E-state index is 0.452. The standard InChI is InChI=1S/C22H24ClN3O4/c1-27-18-8-7-17(20(28-2)21(18)29-3)22-24-19(30-25-22)13-26-10-9-15(12-26)14-5-4-6-16(23)11-14/h4-8,11,15H,9-10,12-13H2,1-3H3. The monoisotopic (exact) mass is 429 g/mol. The van der Waals surface area contributed by atoms with Crippen LogP contribution in [0.4, 0.5) is 0 Å². The van der Waals surface area contributed by atoms with Crippen LogP contribution in [0.1, 0.15) is 23.8 Å². The summed E-state index contributed by atoms with van der Waals surface area (Å²) in [4.78, 5) is 6.89. The number of aromatic nitrogens is 2. The molecule has 1 atom stereocenters. The fourth-order valence-corrected chi connectivity index (χ4v) is 4.10. The number of hydrogen-bond acceptors (Lipinski definition) is 7. The molecule has 0 spiro atoms. The molecule has 1 aromatic heterocycles. The molecular formula is C22H24ClN3O4. The Hall–Kier alpha value is -2.77. The summed E-state index contributed by atoms with van der Waals surface area (Å²) in [5.74, 6) is 3.05. The maximum atomic E-state index is 6.14. The van der Waals surface area contributed by atoms with Crippen molar-refractivity contribution >= 4 is 11.6 Å². The molecule has 0 amide bonds. The van der Waals surface area contributed by atoms with Crippen LogP contribution in [0.3, 0.4) is 0 Å². The van der Waals surface area contributed by atoms with Crippen LogP contribution in [0, 0.1) is 0 Å². The fraction of sp³-hybridized carbons (Fsp3) is 0.364. The van der Waals surface area contributed by atoms with E-state index in [1.807, 2.05) is 24.3 Å². The second-order valence-corrected chi connectivity index (χ2v) is 7.61. The van der Waals surface area contributed by atoms with Gasteiger partial charge in [0.25, 0.3) is 0 Å². The Morgan fingerprint density at radius 1 is 1.10 bits per heavy atom. The molecule has 0 radical (unpaired) electrons. The Morgan fingerprint density at radius 2 is 1.93 bits per heavy atom. The zero-order chi connectivity index (χ0) is 21.1. The maximum absolute atomic E-state index is 6.14. The molecule has 0 saturated carbocycles. The van der Waals surface area contributed by atoms with Crippen molar-refractivity contribution in [3.05, 3.63) is 52.9 Å². The molecule has 1 saturated heterocycles. The van der Waals surface area contributed by atoms with Crippen molar-refractivity contribution in [2.45, 2.75) is 18.9 Å². The van der Waals surface area contributed by atoms with Crippen LogP contribution in [0.25, 0.3) is 11.4 Å². The Bertz CT molecular complexity index is 1020. The topological polar surface area (TPSA) is 69.9 Å². The van der Waals surface area contributed by atoms with Crippen molar-refractivity contribution in [3.63, 3.8) is 0 Å². The van der Waals surface area contributed by atoms with Crippen LogP contribution in [0.2, 0.25) is 5.02 Å². The Balaban J connectivity index is 1.49. The van der Waals surface area contributed by atoms with Gasteiger partial charge in [-0.2, -0.15) is 4.98 Å². The highest BCUT2D eigenvalue weighted by Gasteiger charge is 2.26. The van der Waals surface area contributed by atoms with Crippen LogP contribution < -0.4 is 14.2 Å². The van der Waals surface area contributed by atoms with E-state index in [4.69, 9.17) is 30.3 Å². The summed E-state index contributed by atoms with van der Waals surface area (Å²) in [5.41, 5.74) is 1.95. The largest absolute Gasteiger partial charge is 0.493 e. The second kappa shape index (κ2) is 8.93. The first-order valence-electron chi connectivity index (χ1n) is 9.72. The quantitative estimate of drug-likeness (QED) is 0.551. The summed E-state index contributed by atoms with van der Waals surface area (Å²) >= 11 is 6.14. The molecule has 1 unspecified atom stereocenters. The van der Waals surface area contributed by atoms with E-state index in [0.29, 0.717) is 47.0 Å². The molecule has 0 bridgehead atoms. The van der Waals surface area contributed by atoms with Crippen LogP contribution in [-0.2, 0) is 6.54 Å². The highest BCUT2D eigenvalue weighted by Crippen LogP contribution is 2.43. The highest BCUT2D eigenvalue weighted by atomic mass is 35.5. The molecule has 0 aliphatic carbocycles. The molecule has 30 heavy (non-hydrogen) atoms. The van der Waals surface area contributed by atoms with Gasteiger partial charge in [0.1, 0.15) is 0 Å². The molecule has 4 rings (SSSR count). The summed E-state index contributed by atoms with van der Waals surface area (Å²) in [6.45, 7) is 2.49. The van der Waals surface area contributed by atoms with Crippen LogP contribution >= 0.6 is 11.6 Å². The number of methoxy groups -OCH3 is 3. The molecule has 2 heterocycles. The van der Waals surface area contributed by atoms with Gasteiger partial charge in [0, 0.05) is 11.6 Å². The summed E-state index contributed by atoms with van der Waals surface area (Å²) in [7, 11) is 4.72. The van der Waals surface area contributed by atoms with Crippen LogP contribution in [-0.4, -0.2) is 49.5 Å². The van der Waals surface area contributed by atoms with Crippen molar-refractivity contribution < 1.29 is 18.7 Å². The Kier molecular flexibility index (Phi) is 6.11. The zero-order valence-electron chi connectivity index (χ0n) is 17.2. The maximum Gasteiger partial charge on any atom is 0.241 e. The van der Waals surface area contributed by atoms with Gasteiger partial charge in [0.2, 0.25) is 17.5 Å². The summed E-state index contributed by atoms with van der Waals surface area (Å²) in [6, 6.07) is 11.7. The SMILES string of the molecule is COc1ccc(-c2noc(CN3CCC(c4cccc(Cl)c4)C3)n2)c(OC)c1OC. The van der Waals surface area contributed by atoms with Crippen molar-refractivity contribution in [3.8, 4) is 28.6 Å². The van der Waals surface area contributed by atoms with Gasteiger partial charge < -0.3 is 18.7 Å². The third kappa shape index (κ3) is 4.08. The van der Waals surface area contributed by atoms with E-state index in [2.05, 4.69) is 21.1 Å². The number of hydrogen-bond donors (Lipinski definition) is 0. The summed E-state index contributed by atoms with van der Waals surface area (Å²) in [6.07, 6.45) is 1.07.